The highest BCUT2D eigenvalue weighted by Gasteiger charge is 2.20. The minimum atomic E-state index is 0.248. The van der Waals surface area contributed by atoms with Gasteiger partial charge in [-0.1, -0.05) is 35.8 Å². The summed E-state index contributed by atoms with van der Waals surface area (Å²) < 4.78 is 1.13. The summed E-state index contributed by atoms with van der Waals surface area (Å²) in [4.78, 5) is 2.32. The first-order valence-corrected chi connectivity index (χ1v) is 6.82. The van der Waals surface area contributed by atoms with E-state index in [2.05, 4.69) is 66.8 Å². The lowest BCUT2D eigenvalue weighted by atomic mass is 9.88. The van der Waals surface area contributed by atoms with Crippen molar-refractivity contribution >= 4 is 21.6 Å². The maximum atomic E-state index is 5.66. The Morgan fingerprint density at radius 3 is 2.59 bits per heavy atom. The summed E-state index contributed by atoms with van der Waals surface area (Å²) in [5, 5.41) is 0. The molecule has 0 heterocycles. The van der Waals surface area contributed by atoms with E-state index in [1.54, 1.807) is 0 Å². The number of hydrogen-bond donors (Lipinski definition) is 1. The molecule has 0 saturated carbocycles. The fourth-order valence-electron chi connectivity index (χ4n) is 2.19. The van der Waals surface area contributed by atoms with Gasteiger partial charge < -0.3 is 10.6 Å². The zero-order valence-electron chi connectivity index (χ0n) is 11.3. The van der Waals surface area contributed by atoms with E-state index >= 15 is 0 Å². The van der Waals surface area contributed by atoms with Crippen molar-refractivity contribution in [2.75, 3.05) is 25.0 Å². The minimum Gasteiger partial charge on any atom is -0.374 e. The fourth-order valence-corrected chi connectivity index (χ4v) is 2.54. The van der Waals surface area contributed by atoms with Crippen molar-refractivity contribution in [1.29, 1.82) is 0 Å². The van der Waals surface area contributed by atoms with Crippen LogP contribution in [0.2, 0.25) is 0 Å². The second-order valence-electron chi connectivity index (χ2n) is 5.49. The van der Waals surface area contributed by atoms with Gasteiger partial charge in [0.2, 0.25) is 0 Å². The monoisotopic (exact) mass is 298 g/mol. The lowest BCUT2D eigenvalue weighted by Gasteiger charge is -2.32. The Kier molecular flexibility index (Phi) is 5.02. The van der Waals surface area contributed by atoms with E-state index < -0.39 is 0 Å². The maximum Gasteiger partial charge on any atom is 0.0404 e. The van der Waals surface area contributed by atoms with Gasteiger partial charge in [-0.15, -0.1) is 0 Å². The third kappa shape index (κ3) is 4.32. The Bertz CT molecular complexity index is 374. The van der Waals surface area contributed by atoms with E-state index in [0.29, 0.717) is 0 Å². The number of nitrogens with two attached hydrogens (primary N) is 1. The van der Waals surface area contributed by atoms with Gasteiger partial charge in [-0.3, -0.25) is 0 Å². The van der Waals surface area contributed by atoms with Gasteiger partial charge in [-0.25, -0.2) is 0 Å². The molecular weight excluding hydrogens is 276 g/mol. The van der Waals surface area contributed by atoms with Crippen molar-refractivity contribution in [3.8, 4) is 0 Å². The van der Waals surface area contributed by atoms with Gasteiger partial charge in [0.05, 0.1) is 0 Å². The van der Waals surface area contributed by atoms with Crippen LogP contribution < -0.4 is 10.6 Å². The molecule has 0 aliphatic rings. The van der Waals surface area contributed by atoms with Crippen LogP contribution in [0.4, 0.5) is 5.69 Å². The van der Waals surface area contributed by atoms with Crippen LogP contribution in [0, 0.1) is 12.3 Å². The molecule has 0 bridgehead atoms. The summed E-state index contributed by atoms with van der Waals surface area (Å²) >= 11 is 3.53. The second-order valence-corrected chi connectivity index (χ2v) is 6.41. The molecule has 2 N–H and O–H groups in total. The number of aryl methyl sites for hydroxylation is 1. The zero-order valence-corrected chi connectivity index (χ0v) is 12.8. The number of rotatable bonds is 5. The standard InChI is InChI=1S/C14H23BrN2/c1-11-5-6-12(15)9-13(11)17(4)10-14(2,3)7-8-16/h5-6,9H,7-8,10,16H2,1-4H3. The van der Waals surface area contributed by atoms with Crippen LogP contribution in [-0.4, -0.2) is 20.1 Å². The first-order chi connectivity index (χ1) is 7.85. The third-order valence-corrected chi connectivity index (χ3v) is 3.56. The number of benzene rings is 1. The molecule has 0 fully saturated rings. The molecule has 0 saturated heterocycles. The predicted molar refractivity (Wildman–Crippen MR) is 79.6 cm³/mol. The lowest BCUT2D eigenvalue weighted by Crippen LogP contribution is -2.33. The van der Waals surface area contributed by atoms with Crippen LogP contribution in [0.25, 0.3) is 0 Å². The molecule has 1 aromatic rings. The molecule has 1 rings (SSSR count). The SMILES string of the molecule is Cc1ccc(Br)cc1N(C)CC(C)(C)CCN. The minimum absolute atomic E-state index is 0.248. The van der Waals surface area contributed by atoms with Crippen LogP contribution in [0.5, 0.6) is 0 Å². The highest BCUT2D eigenvalue weighted by Crippen LogP contribution is 2.28. The molecule has 0 spiro atoms. The molecule has 0 atom stereocenters. The highest BCUT2D eigenvalue weighted by atomic mass is 79.9. The van der Waals surface area contributed by atoms with Gasteiger partial charge in [0.15, 0.2) is 0 Å². The molecule has 0 amide bonds. The molecule has 96 valence electrons. The van der Waals surface area contributed by atoms with Gasteiger partial charge >= 0.3 is 0 Å². The summed E-state index contributed by atoms with van der Waals surface area (Å²) in [6.45, 7) is 8.45. The third-order valence-electron chi connectivity index (χ3n) is 3.07. The van der Waals surface area contributed by atoms with Crippen LogP contribution in [-0.2, 0) is 0 Å². The van der Waals surface area contributed by atoms with Crippen LogP contribution >= 0.6 is 15.9 Å². The first-order valence-electron chi connectivity index (χ1n) is 6.03. The van der Waals surface area contributed by atoms with E-state index in [1.165, 1.54) is 11.3 Å². The average Bonchev–Trinajstić information content (AvgIpc) is 2.20. The molecule has 3 heteroatoms. The number of nitrogens with zero attached hydrogens (tertiary/aromatic N) is 1. The van der Waals surface area contributed by atoms with Crippen molar-refractivity contribution in [3.05, 3.63) is 28.2 Å². The molecule has 1 aromatic carbocycles. The first kappa shape index (κ1) is 14.5. The zero-order chi connectivity index (χ0) is 13.1. The Labute approximate surface area is 113 Å². The van der Waals surface area contributed by atoms with Gasteiger partial charge in [-0.2, -0.15) is 0 Å². The van der Waals surface area contributed by atoms with E-state index in [-0.39, 0.29) is 5.41 Å². The van der Waals surface area contributed by atoms with Gasteiger partial charge in [0.1, 0.15) is 0 Å². The number of anilines is 1. The molecule has 0 aliphatic carbocycles. The molecule has 17 heavy (non-hydrogen) atoms. The Morgan fingerprint density at radius 1 is 1.35 bits per heavy atom. The van der Waals surface area contributed by atoms with E-state index in [9.17, 15) is 0 Å². The molecular formula is C14H23BrN2. The van der Waals surface area contributed by atoms with E-state index in [1.807, 2.05) is 0 Å². The number of halogens is 1. The van der Waals surface area contributed by atoms with Crippen LogP contribution in [0.1, 0.15) is 25.8 Å². The van der Waals surface area contributed by atoms with Crippen LogP contribution in [0.15, 0.2) is 22.7 Å². The highest BCUT2D eigenvalue weighted by molar-refractivity contribution is 9.10. The number of hydrogen-bond acceptors (Lipinski definition) is 2. The Balaban J connectivity index is 2.82. The Morgan fingerprint density at radius 2 is 2.00 bits per heavy atom. The lowest BCUT2D eigenvalue weighted by molar-refractivity contribution is 0.347. The maximum absolute atomic E-state index is 5.66. The fraction of sp³-hybridized carbons (Fsp3) is 0.571. The van der Waals surface area contributed by atoms with Gasteiger partial charge in [0.25, 0.3) is 0 Å². The second kappa shape index (κ2) is 5.87. The van der Waals surface area contributed by atoms with Gasteiger partial charge in [0, 0.05) is 23.8 Å². The molecule has 0 unspecified atom stereocenters. The summed E-state index contributed by atoms with van der Waals surface area (Å²) in [6, 6.07) is 6.40. The topological polar surface area (TPSA) is 29.3 Å². The average molecular weight is 299 g/mol. The summed E-state index contributed by atoms with van der Waals surface area (Å²) in [5.41, 5.74) is 8.49. The van der Waals surface area contributed by atoms with Crippen molar-refractivity contribution in [2.45, 2.75) is 27.2 Å². The van der Waals surface area contributed by atoms with E-state index in [4.69, 9.17) is 5.73 Å². The van der Waals surface area contributed by atoms with Crippen molar-refractivity contribution < 1.29 is 0 Å². The molecule has 2 nitrogen and oxygen atoms in total. The Hall–Kier alpha value is -0.540. The smallest absolute Gasteiger partial charge is 0.0404 e. The van der Waals surface area contributed by atoms with Gasteiger partial charge in [-0.05, 0) is 43.0 Å². The normalized spacial score (nSPS) is 11.6. The van der Waals surface area contributed by atoms with Crippen molar-refractivity contribution in [3.63, 3.8) is 0 Å². The van der Waals surface area contributed by atoms with Crippen LogP contribution in [0.3, 0.4) is 0 Å². The largest absolute Gasteiger partial charge is 0.374 e. The molecule has 0 radical (unpaired) electrons. The summed E-state index contributed by atoms with van der Waals surface area (Å²) in [5.74, 6) is 0. The summed E-state index contributed by atoms with van der Waals surface area (Å²) in [7, 11) is 2.15. The predicted octanol–water partition coefficient (Wildman–Crippen LogP) is 3.57. The molecule has 0 aromatic heterocycles. The van der Waals surface area contributed by atoms with Crippen molar-refractivity contribution in [1.82, 2.24) is 0 Å². The summed E-state index contributed by atoms with van der Waals surface area (Å²) in [6.07, 6.45) is 1.05. The molecule has 0 aliphatic heterocycles. The van der Waals surface area contributed by atoms with Crippen molar-refractivity contribution in [2.24, 2.45) is 11.1 Å². The quantitative estimate of drug-likeness (QED) is 0.900. The van der Waals surface area contributed by atoms with E-state index in [0.717, 1.165) is 24.0 Å².